The summed E-state index contributed by atoms with van der Waals surface area (Å²) >= 11 is 6.22. The first-order valence-corrected chi connectivity index (χ1v) is 19.9. The van der Waals surface area contributed by atoms with Gasteiger partial charge >= 0.3 is 0 Å². The third-order valence-corrected chi connectivity index (χ3v) is 12.4. The van der Waals surface area contributed by atoms with E-state index in [4.69, 9.17) is 16.3 Å². The van der Waals surface area contributed by atoms with Gasteiger partial charge in [0.05, 0.1) is 21.6 Å². The first-order valence-electron chi connectivity index (χ1n) is 18.1. The molecule has 2 aliphatic heterocycles. The van der Waals surface area contributed by atoms with E-state index in [0.29, 0.717) is 11.4 Å². The highest BCUT2D eigenvalue weighted by Gasteiger charge is 2.48. The van der Waals surface area contributed by atoms with E-state index in [9.17, 15) is 23.3 Å². The summed E-state index contributed by atoms with van der Waals surface area (Å²) in [6.45, 7) is 15.9. The van der Waals surface area contributed by atoms with E-state index in [1.807, 2.05) is 22.9 Å². The number of H-pyrrole nitrogens is 1. The maximum absolute atomic E-state index is 13.6. The number of aromatic amines is 1. The number of anilines is 1. The van der Waals surface area contributed by atoms with E-state index in [0.717, 1.165) is 86.7 Å². The van der Waals surface area contributed by atoms with Gasteiger partial charge < -0.3 is 14.6 Å². The van der Waals surface area contributed by atoms with Crippen LogP contribution in [0.5, 0.6) is 11.5 Å². The Hall–Kier alpha value is -5.24. The zero-order chi connectivity index (χ0) is 39.1. The van der Waals surface area contributed by atoms with Gasteiger partial charge in [-0.05, 0) is 91.3 Å². The van der Waals surface area contributed by atoms with Crippen LogP contribution < -0.4 is 14.4 Å². The molecule has 1 amide bonds. The smallest absolute Gasteiger partial charge is 0.268 e. The molecule has 12 nitrogen and oxygen atoms in total. The average Bonchev–Trinajstić information content (AvgIpc) is 3.79. The number of hydrogen-bond donors (Lipinski definition) is 2. The van der Waals surface area contributed by atoms with Crippen molar-refractivity contribution in [2.24, 2.45) is 10.8 Å². The minimum Gasteiger partial charge on any atom is -0.455 e. The lowest BCUT2D eigenvalue weighted by molar-refractivity contribution is -0.418. The number of ether oxygens (including phenoxy) is 1. The van der Waals surface area contributed by atoms with Crippen LogP contribution in [0.25, 0.3) is 16.6 Å². The summed E-state index contributed by atoms with van der Waals surface area (Å²) in [6.07, 6.45) is 9.19. The summed E-state index contributed by atoms with van der Waals surface area (Å²) in [4.78, 5) is 35.5. The standard InChI is InChI=1S/C41H43ClN6O6S/c1-5-34(18-27(2)48(50)51)55(52,53)45-39(49)35-11-10-32(20-37(35)54-33-19-29-13-16-43-38(29)44-22-33)47-17-15-41(26-47)24-46(25-41)23-30-12-14-40(3,4)21-36(30)28-6-8-31(42)9-7-28/h5-11,13,16,18-20,22H,1-2,12,14-15,17,21,23-26H2,3-4H3,(H,43,44)(H,45,49)/b34-18+. The third kappa shape index (κ3) is 8.24. The minimum absolute atomic E-state index is 0.0536. The van der Waals surface area contributed by atoms with Crippen LogP contribution in [0.15, 0.2) is 108 Å². The van der Waals surface area contributed by atoms with Crippen LogP contribution >= 0.6 is 11.6 Å². The van der Waals surface area contributed by atoms with Gasteiger partial charge in [-0.15, -0.1) is 0 Å². The minimum atomic E-state index is -4.56. The number of rotatable bonds is 12. The largest absolute Gasteiger partial charge is 0.455 e. The lowest BCUT2D eigenvalue weighted by Crippen LogP contribution is -2.58. The van der Waals surface area contributed by atoms with Gasteiger partial charge in [-0.25, -0.2) is 18.1 Å². The lowest BCUT2D eigenvalue weighted by Gasteiger charge is -2.49. The molecule has 7 rings (SSSR count). The van der Waals surface area contributed by atoms with Gasteiger partial charge in [-0.3, -0.25) is 19.8 Å². The number of hydrogen-bond acceptors (Lipinski definition) is 9. The van der Waals surface area contributed by atoms with Crippen molar-refractivity contribution in [3.63, 3.8) is 0 Å². The number of aromatic nitrogens is 2. The van der Waals surface area contributed by atoms with Crippen LogP contribution in [0.2, 0.25) is 5.02 Å². The SMILES string of the molecule is C=C/C(=C\C(=C)[N+](=O)[O-])S(=O)(=O)NC(=O)c1ccc(N2CCC3(CN(CC4=C(c5ccc(Cl)cc5)CC(C)(C)CC4)C3)C2)cc1Oc1cnc2[nH]ccc2c1. The van der Waals surface area contributed by atoms with Gasteiger partial charge in [0.2, 0.25) is 0 Å². The Morgan fingerprint density at radius 3 is 2.62 bits per heavy atom. The van der Waals surface area contributed by atoms with Crippen LogP contribution in [-0.4, -0.2) is 66.8 Å². The second-order valence-corrected chi connectivity index (χ2v) is 17.7. The molecule has 0 atom stereocenters. The normalized spacial score (nSPS) is 18.3. The predicted molar refractivity (Wildman–Crippen MR) is 215 cm³/mol. The average molecular weight is 783 g/mol. The number of sulfonamides is 1. The molecule has 2 aromatic carbocycles. The molecule has 1 spiro atoms. The van der Waals surface area contributed by atoms with Crippen molar-refractivity contribution >= 4 is 49.8 Å². The van der Waals surface area contributed by atoms with Crippen molar-refractivity contribution in [1.82, 2.24) is 19.6 Å². The predicted octanol–water partition coefficient (Wildman–Crippen LogP) is 8.10. The fraction of sp³-hybridized carbons (Fsp3) is 0.317. The number of nitro groups is 1. The molecule has 14 heteroatoms. The maximum Gasteiger partial charge on any atom is 0.268 e. The number of nitrogens with one attached hydrogen (secondary N) is 2. The van der Waals surface area contributed by atoms with Gasteiger partial charge in [-0.1, -0.05) is 49.7 Å². The molecule has 2 N–H and O–H groups in total. The molecule has 2 aromatic heterocycles. The molecular weight excluding hydrogens is 740 g/mol. The molecule has 3 aliphatic rings. The van der Waals surface area contributed by atoms with Crippen LogP contribution in [0, 0.1) is 20.9 Å². The zero-order valence-corrected chi connectivity index (χ0v) is 32.4. The highest BCUT2D eigenvalue weighted by atomic mass is 35.5. The van der Waals surface area contributed by atoms with Gasteiger partial charge in [0, 0.05) is 72.6 Å². The molecule has 0 unspecified atom stereocenters. The number of halogens is 1. The summed E-state index contributed by atoms with van der Waals surface area (Å²) in [6, 6.07) is 16.9. The second-order valence-electron chi connectivity index (χ2n) is 15.5. The molecule has 4 heterocycles. The number of fused-ring (bicyclic) bond motifs is 1. The molecule has 2 saturated heterocycles. The lowest BCUT2D eigenvalue weighted by atomic mass is 9.71. The summed E-state index contributed by atoms with van der Waals surface area (Å²) in [5.74, 6) is -0.512. The summed E-state index contributed by atoms with van der Waals surface area (Å²) < 4.78 is 34.6. The van der Waals surface area contributed by atoms with Crippen LogP contribution in [0.3, 0.4) is 0 Å². The van der Waals surface area contributed by atoms with E-state index in [1.165, 1.54) is 29.0 Å². The van der Waals surface area contributed by atoms with Gasteiger partial charge in [-0.2, -0.15) is 0 Å². The fourth-order valence-corrected chi connectivity index (χ4v) is 9.05. The van der Waals surface area contributed by atoms with E-state index < -0.39 is 31.5 Å². The molecule has 0 bridgehead atoms. The third-order valence-electron chi connectivity index (χ3n) is 10.8. The molecule has 1 aliphatic carbocycles. The monoisotopic (exact) mass is 782 g/mol. The number of benzene rings is 2. The molecular formula is C41H43ClN6O6S. The number of carbonyl (C=O) groups is 1. The number of nitrogens with zero attached hydrogens (tertiary/aromatic N) is 4. The number of likely N-dealkylation sites (tertiary alicyclic amines) is 1. The number of carbonyl (C=O) groups excluding carboxylic acids is 1. The Balaban J connectivity index is 1.10. The highest BCUT2D eigenvalue weighted by Crippen LogP contribution is 2.46. The molecule has 286 valence electrons. The Labute approximate surface area is 325 Å². The maximum atomic E-state index is 13.6. The summed E-state index contributed by atoms with van der Waals surface area (Å²) in [7, 11) is -4.56. The molecule has 55 heavy (non-hydrogen) atoms. The number of amides is 1. The summed E-state index contributed by atoms with van der Waals surface area (Å²) in [5, 5.41) is 12.6. The van der Waals surface area contributed by atoms with Crippen molar-refractivity contribution in [1.29, 1.82) is 0 Å². The van der Waals surface area contributed by atoms with E-state index in [-0.39, 0.29) is 22.1 Å². The topological polar surface area (TPSA) is 151 Å². The van der Waals surface area contributed by atoms with Crippen LogP contribution in [-0.2, 0) is 10.0 Å². The highest BCUT2D eigenvalue weighted by molar-refractivity contribution is 7.94. The molecule has 4 aromatic rings. The van der Waals surface area contributed by atoms with E-state index in [2.05, 4.69) is 58.9 Å². The van der Waals surface area contributed by atoms with E-state index >= 15 is 0 Å². The number of pyridine rings is 1. The Kier molecular flexibility index (Phi) is 10.2. The Bertz CT molecular complexity index is 2380. The van der Waals surface area contributed by atoms with Gasteiger partial charge in [0.25, 0.3) is 21.6 Å². The first kappa shape index (κ1) is 38.1. The van der Waals surface area contributed by atoms with Gasteiger partial charge in [0.1, 0.15) is 17.1 Å². The molecule has 0 saturated carbocycles. The number of allylic oxidation sites excluding steroid dienone is 3. The molecule has 2 fully saturated rings. The van der Waals surface area contributed by atoms with Crippen molar-refractivity contribution in [3.8, 4) is 11.5 Å². The Morgan fingerprint density at radius 1 is 1.13 bits per heavy atom. The second kappa shape index (κ2) is 14.8. The van der Waals surface area contributed by atoms with Crippen LogP contribution in [0.4, 0.5) is 5.69 Å². The quantitative estimate of drug-likeness (QED) is 0.0825. The van der Waals surface area contributed by atoms with E-state index in [1.54, 1.807) is 24.4 Å². The van der Waals surface area contributed by atoms with Crippen molar-refractivity contribution in [2.45, 2.75) is 39.5 Å². The fourth-order valence-electron chi connectivity index (χ4n) is 7.94. The molecule has 0 radical (unpaired) electrons. The zero-order valence-electron chi connectivity index (χ0n) is 30.8. The van der Waals surface area contributed by atoms with Crippen LogP contribution in [0.1, 0.15) is 55.5 Å². The van der Waals surface area contributed by atoms with Crippen molar-refractivity contribution in [3.05, 3.63) is 135 Å². The van der Waals surface area contributed by atoms with Crippen molar-refractivity contribution < 1.29 is 22.9 Å². The Morgan fingerprint density at radius 2 is 1.89 bits per heavy atom. The first-order chi connectivity index (χ1) is 26.1. The van der Waals surface area contributed by atoms with Gasteiger partial charge in [0.15, 0.2) is 0 Å². The summed E-state index contributed by atoms with van der Waals surface area (Å²) in [5.41, 5.74) is 5.34. The van der Waals surface area contributed by atoms with Crippen molar-refractivity contribution in [2.75, 3.05) is 37.6 Å².